The number of hydrogen-bond donors (Lipinski definition) is 2. The van der Waals surface area contributed by atoms with Crippen molar-refractivity contribution in [1.82, 2.24) is 25.4 Å². The van der Waals surface area contributed by atoms with E-state index in [9.17, 15) is 0 Å². The lowest BCUT2D eigenvalue weighted by Crippen LogP contribution is -2.45. The van der Waals surface area contributed by atoms with Crippen molar-refractivity contribution in [2.24, 2.45) is 18.0 Å². The predicted octanol–water partition coefficient (Wildman–Crippen LogP) is 3.95. The highest BCUT2D eigenvalue weighted by Crippen LogP contribution is 2.26. The van der Waals surface area contributed by atoms with E-state index in [2.05, 4.69) is 52.0 Å². The van der Waals surface area contributed by atoms with Crippen LogP contribution in [0.25, 0.3) is 0 Å². The fourth-order valence-electron chi connectivity index (χ4n) is 3.58. The maximum atomic E-state index is 4.82. The average Bonchev–Trinajstić information content (AvgIpc) is 3.03. The molecule has 3 rings (SSSR count). The number of aromatic nitrogens is 3. The molecule has 1 aromatic carbocycles. The molecule has 0 spiro atoms. The Labute approximate surface area is 185 Å². The molecule has 1 aliphatic carbocycles. The number of nitrogens with zero attached hydrogens (tertiary/aromatic N) is 4. The highest BCUT2D eigenvalue weighted by Gasteiger charge is 2.20. The number of rotatable bonds is 6. The molecule has 0 bridgehead atoms. The molecule has 1 fully saturated rings. The second-order valence-electron chi connectivity index (χ2n) is 7.50. The SMILES string of the molecule is CCC1CCC(NC(=NCc2ccccc2)NCc2nnc(C)n2C)CC1.I. The van der Waals surface area contributed by atoms with Crippen LogP contribution < -0.4 is 10.6 Å². The highest BCUT2D eigenvalue weighted by molar-refractivity contribution is 14.0. The minimum atomic E-state index is 0. The first-order valence-corrected chi connectivity index (χ1v) is 10.1. The maximum absolute atomic E-state index is 4.82. The largest absolute Gasteiger partial charge is 0.354 e. The summed E-state index contributed by atoms with van der Waals surface area (Å²) < 4.78 is 2.01. The second kappa shape index (κ2) is 11.4. The summed E-state index contributed by atoms with van der Waals surface area (Å²) in [5.74, 6) is 3.58. The smallest absolute Gasteiger partial charge is 0.192 e. The Morgan fingerprint density at radius 3 is 2.46 bits per heavy atom. The van der Waals surface area contributed by atoms with Crippen molar-refractivity contribution in [2.75, 3.05) is 0 Å². The Bertz CT molecular complexity index is 735. The normalized spacial score (nSPS) is 19.8. The van der Waals surface area contributed by atoms with Crippen LogP contribution in [-0.2, 0) is 20.1 Å². The van der Waals surface area contributed by atoms with Crippen molar-refractivity contribution >= 4 is 29.9 Å². The van der Waals surface area contributed by atoms with Gasteiger partial charge in [-0.1, -0.05) is 43.7 Å². The summed E-state index contributed by atoms with van der Waals surface area (Å²) in [6.07, 6.45) is 6.35. The van der Waals surface area contributed by atoms with Crippen LogP contribution >= 0.6 is 24.0 Å². The van der Waals surface area contributed by atoms with E-state index >= 15 is 0 Å². The van der Waals surface area contributed by atoms with Crippen molar-refractivity contribution in [2.45, 2.75) is 65.1 Å². The monoisotopic (exact) mass is 496 g/mol. The third kappa shape index (κ3) is 6.46. The van der Waals surface area contributed by atoms with Gasteiger partial charge in [0.25, 0.3) is 0 Å². The Hall–Kier alpha value is -1.64. The van der Waals surface area contributed by atoms with Crippen LogP contribution in [-0.4, -0.2) is 26.8 Å². The van der Waals surface area contributed by atoms with Gasteiger partial charge >= 0.3 is 0 Å². The molecule has 0 amide bonds. The summed E-state index contributed by atoms with van der Waals surface area (Å²) in [5, 5.41) is 15.5. The van der Waals surface area contributed by atoms with Crippen molar-refractivity contribution in [3.05, 3.63) is 47.5 Å². The molecule has 0 atom stereocenters. The number of guanidine groups is 1. The van der Waals surface area contributed by atoms with Gasteiger partial charge < -0.3 is 15.2 Å². The van der Waals surface area contributed by atoms with Gasteiger partial charge in [-0.05, 0) is 44.1 Å². The lowest BCUT2D eigenvalue weighted by molar-refractivity contribution is 0.304. The van der Waals surface area contributed by atoms with Gasteiger partial charge in [0, 0.05) is 13.1 Å². The van der Waals surface area contributed by atoms with E-state index in [1.54, 1.807) is 0 Å². The van der Waals surface area contributed by atoms with Crippen LogP contribution in [0, 0.1) is 12.8 Å². The lowest BCUT2D eigenvalue weighted by atomic mass is 9.84. The standard InChI is InChI=1S/C21H32N6.HI/c1-4-17-10-12-19(13-11-17)24-21(22-14-18-8-6-5-7-9-18)23-15-20-26-25-16(2)27(20)3;/h5-9,17,19H,4,10-15H2,1-3H3,(H2,22,23,24);1H. The average molecular weight is 496 g/mol. The third-order valence-electron chi connectivity index (χ3n) is 5.62. The molecule has 1 aliphatic rings. The molecule has 0 saturated heterocycles. The summed E-state index contributed by atoms with van der Waals surface area (Å²) in [4.78, 5) is 4.82. The van der Waals surface area contributed by atoms with E-state index < -0.39 is 0 Å². The van der Waals surface area contributed by atoms with E-state index in [1.807, 2.05) is 24.6 Å². The summed E-state index contributed by atoms with van der Waals surface area (Å²) >= 11 is 0. The number of aryl methyl sites for hydroxylation is 1. The van der Waals surface area contributed by atoms with E-state index in [1.165, 1.54) is 37.7 Å². The Morgan fingerprint density at radius 2 is 1.86 bits per heavy atom. The van der Waals surface area contributed by atoms with Crippen LogP contribution in [0.15, 0.2) is 35.3 Å². The van der Waals surface area contributed by atoms with Gasteiger partial charge in [-0.25, -0.2) is 4.99 Å². The second-order valence-corrected chi connectivity index (χ2v) is 7.50. The summed E-state index contributed by atoms with van der Waals surface area (Å²) in [5.41, 5.74) is 1.21. The van der Waals surface area contributed by atoms with Crippen molar-refractivity contribution in [1.29, 1.82) is 0 Å². The van der Waals surface area contributed by atoms with Crippen molar-refractivity contribution in [3.63, 3.8) is 0 Å². The van der Waals surface area contributed by atoms with Crippen LogP contribution in [0.3, 0.4) is 0 Å². The molecule has 2 N–H and O–H groups in total. The minimum Gasteiger partial charge on any atom is -0.354 e. The number of hydrogen-bond acceptors (Lipinski definition) is 3. The molecule has 1 saturated carbocycles. The molecular weight excluding hydrogens is 463 g/mol. The van der Waals surface area contributed by atoms with Gasteiger partial charge in [0.1, 0.15) is 5.82 Å². The van der Waals surface area contributed by atoms with Crippen molar-refractivity contribution in [3.8, 4) is 0 Å². The first kappa shape index (κ1) is 22.6. The topological polar surface area (TPSA) is 67.1 Å². The van der Waals surface area contributed by atoms with Gasteiger partial charge in [-0.15, -0.1) is 34.2 Å². The zero-order valence-electron chi connectivity index (χ0n) is 17.2. The quantitative estimate of drug-likeness (QED) is 0.361. The number of aliphatic imine (C=N–C) groups is 1. The summed E-state index contributed by atoms with van der Waals surface area (Å²) in [6.45, 7) is 5.54. The minimum absolute atomic E-state index is 0. The molecule has 7 heteroatoms. The van der Waals surface area contributed by atoms with Gasteiger partial charge in [-0.2, -0.15) is 0 Å². The van der Waals surface area contributed by atoms with E-state index in [4.69, 9.17) is 4.99 Å². The fraction of sp³-hybridized carbons (Fsp3) is 0.571. The third-order valence-corrected chi connectivity index (χ3v) is 5.62. The van der Waals surface area contributed by atoms with Gasteiger partial charge in [-0.3, -0.25) is 0 Å². The highest BCUT2D eigenvalue weighted by atomic mass is 127. The van der Waals surface area contributed by atoms with Gasteiger partial charge in [0.05, 0.1) is 13.1 Å². The predicted molar refractivity (Wildman–Crippen MR) is 125 cm³/mol. The molecule has 1 heterocycles. The number of nitrogens with one attached hydrogen (secondary N) is 2. The molecule has 154 valence electrons. The van der Waals surface area contributed by atoms with Crippen LogP contribution in [0.5, 0.6) is 0 Å². The molecular formula is C21H33IN6. The number of halogens is 1. The molecule has 0 aliphatic heterocycles. The van der Waals surface area contributed by atoms with Gasteiger partial charge in [0.2, 0.25) is 0 Å². The molecule has 1 aromatic heterocycles. The van der Waals surface area contributed by atoms with Gasteiger partial charge in [0.15, 0.2) is 11.8 Å². The molecule has 6 nitrogen and oxygen atoms in total. The van der Waals surface area contributed by atoms with Crippen LogP contribution in [0.1, 0.15) is 56.2 Å². The Morgan fingerprint density at radius 1 is 1.14 bits per heavy atom. The van der Waals surface area contributed by atoms with E-state index in [0.29, 0.717) is 19.1 Å². The Kier molecular flexibility index (Phi) is 9.21. The van der Waals surface area contributed by atoms with Crippen LogP contribution in [0.4, 0.5) is 0 Å². The maximum Gasteiger partial charge on any atom is 0.192 e. The summed E-state index contributed by atoms with van der Waals surface area (Å²) in [6, 6.07) is 10.9. The molecule has 28 heavy (non-hydrogen) atoms. The zero-order valence-corrected chi connectivity index (χ0v) is 19.5. The first-order chi connectivity index (χ1) is 13.2. The number of benzene rings is 1. The van der Waals surface area contributed by atoms with Crippen LogP contribution in [0.2, 0.25) is 0 Å². The van der Waals surface area contributed by atoms with E-state index in [-0.39, 0.29) is 24.0 Å². The zero-order chi connectivity index (χ0) is 19.1. The lowest BCUT2D eigenvalue weighted by Gasteiger charge is -2.29. The molecule has 0 unspecified atom stereocenters. The summed E-state index contributed by atoms with van der Waals surface area (Å²) in [7, 11) is 1.99. The van der Waals surface area contributed by atoms with Crippen molar-refractivity contribution < 1.29 is 0 Å². The molecule has 2 aromatic rings. The Balaban J connectivity index is 0.00000280. The first-order valence-electron chi connectivity index (χ1n) is 10.1. The molecule has 0 radical (unpaired) electrons. The van der Waals surface area contributed by atoms with E-state index in [0.717, 1.165) is 23.5 Å². The fourth-order valence-corrected chi connectivity index (χ4v) is 3.58.